The van der Waals surface area contributed by atoms with E-state index >= 15 is 0 Å². The van der Waals surface area contributed by atoms with Gasteiger partial charge in [-0.3, -0.25) is 4.79 Å². The summed E-state index contributed by atoms with van der Waals surface area (Å²) in [4.78, 5) is 14.3. The minimum Gasteiger partial charge on any atom is -0.381 e. The highest BCUT2D eigenvalue weighted by molar-refractivity contribution is 5.77. The van der Waals surface area contributed by atoms with Gasteiger partial charge in [0.2, 0.25) is 5.91 Å². The normalized spacial score (nSPS) is 29.5. The number of nitrogens with zero attached hydrogens (tertiary/aromatic N) is 3. The Morgan fingerprint density at radius 3 is 2.83 bits per heavy atom. The number of aromatic amines is 1. The molecule has 2 N–H and O–H groups in total. The lowest BCUT2D eigenvalue weighted by molar-refractivity contribution is -0.133. The van der Waals surface area contributed by atoms with Gasteiger partial charge in [0, 0.05) is 19.4 Å². The highest BCUT2D eigenvalue weighted by atomic mass is 16.3. The van der Waals surface area contributed by atoms with Crippen molar-refractivity contribution in [1.82, 2.24) is 20.3 Å². The molecule has 6 nitrogen and oxygen atoms in total. The van der Waals surface area contributed by atoms with Crippen molar-refractivity contribution in [2.75, 3.05) is 13.1 Å². The van der Waals surface area contributed by atoms with Crippen molar-refractivity contribution in [1.29, 1.82) is 0 Å². The lowest BCUT2D eigenvalue weighted by Crippen LogP contribution is -2.36. The number of hydrogen-bond donors (Lipinski definition) is 2. The van der Waals surface area contributed by atoms with Crippen molar-refractivity contribution >= 4 is 5.91 Å². The average molecular weight is 326 g/mol. The molecule has 1 atom stereocenters. The third-order valence-electron chi connectivity index (χ3n) is 5.46. The first kappa shape index (κ1) is 15.3. The maximum atomic E-state index is 12.5. The molecule has 1 aliphatic heterocycles. The van der Waals surface area contributed by atoms with Gasteiger partial charge in [-0.2, -0.15) is 15.4 Å². The molecule has 1 aromatic heterocycles. The Morgan fingerprint density at radius 2 is 2.12 bits per heavy atom. The fourth-order valence-corrected chi connectivity index (χ4v) is 3.92. The molecule has 0 spiro atoms. The molecule has 2 heterocycles. The first-order valence-corrected chi connectivity index (χ1v) is 8.55. The van der Waals surface area contributed by atoms with Crippen molar-refractivity contribution in [3.8, 4) is 0 Å². The highest BCUT2D eigenvalue weighted by Gasteiger charge is 2.42. The van der Waals surface area contributed by atoms with E-state index in [-0.39, 0.29) is 5.91 Å². The predicted octanol–water partition coefficient (Wildman–Crippen LogP) is 1.81. The van der Waals surface area contributed by atoms with Crippen LogP contribution < -0.4 is 0 Å². The van der Waals surface area contributed by atoms with Gasteiger partial charge in [-0.1, -0.05) is 30.3 Å². The Labute approximate surface area is 140 Å². The molecule has 1 saturated heterocycles. The van der Waals surface area contributed by atoms with E-state index in [4.69, 9.17) is 0 Å². The second kappa shape index (κ2) is 6.02. The fourth-order valence-electron chi connectivity index (χ4n) is 3.92. The summed E-state index contributed by atoms with van der Waals surface area (Å²) >= 11 is 0. The lowest BCUT2D eigenvalue weighted by Gasteiger charge is -2.36. The van der Waals surface area contributed by atoms with Crippen LogP contribution in [-0.2, 0) is 10.4 Å². The Balaban J connectivity index is 1.29. The molecule has 1 aromatic carbocycles. The quantitative estimate of drug-likeness (QED) is 0.898. The van der Waals surface area contributed by atoms with Crippen LogP contribution in [0, 0.1) is 5.92 Å². The second-order valence-corrected chi connectivity index (χ2v) is 7.10. The number of β-amino-alcohol motifs (C(OH)–C–C–N with tert-alkyl or cyclic N) is 1. The maximum absolute atomic E-state index is 12.5. The van der Waals surface area contributed by atoms with E-state index < -0.39 is 5.60 Å². The Bertz CT molecular complexity index is 697. The topological polar surface area (TPSA) is 82.1 Å². The van der Waals surface area contributed by atoms with Crippen molar-refractivity contribution in [2.45, 2.75) is 37.2 Å². The smallest absolute Gasteiger partial charge is 0.222 e. The van der Waals surface area contributed by atoms with Gasteiger partial charge in [0.05, 0.1) is 12.7 Å². The van der Waals surface area contributed by atoms with E-state index in [0.29, 0.717) is 43.5 Å². The molecule has 0 bridgehead atoms. The molecular formula is C18H22N4O2. The largest absolute Gasteiger partial charge is 0.381 e. The van der Waals surface area contributed by atoms with E-state index in [0.717, 1.165) is 12.8 Å². The van der Waals surface area contributed by atoms with Gasteiger partial charge in [-0.15, -0.1) is 0 Å². The summed E-state index contributed by atoms with van der Waals surface area (Å²) < 4.78 is 0. The number of amides is 1. The maximum Gasteiger partial charge on any atom is 0.222 e. The van der Waals surface area contributed by atoms with Crippen molar-refractivity contribution in [3.05, 3.63) is 47.8 Å². The fraction of sp³-hybridized carbons (Fsp3) is 0.500. The Morgan fingerprint density at radius 1 is 1.33 bits per heavy atom. The Kier molecular flexibility index (Phi) is 3.84. The summed E-state index contributed by atoms with van der Waals surface area (Å²) in [6, 6.07) is 10.5. The van der Waals surface area contributed by atoms with E-state index in [9.17, 15) is 9.90 Å². The van der Waals surface area contributed by atoms with Crippen LogP contribution in [-0.4, -0.2) is 44.4 Å². The molecule has 1 aliphatic carbocycles. The molecule has 126 valence electrons. The summed E-state index contributed by atoms with van der Waals surface area (Å²) in [6.07, 6.45) is 4.79. The van der Waals surface area contributed by atoms with E-state index in [2.05, 4.69) is 39.7 Å². The van der Waals surface area contributed by atoms with Crippen LogP contribution in [0.25, 0.3) is 0 Å². The highest BCUT2D eigenvalue weighted by Crippen LogP contribution is 2.43. The first-order valence-electron chi connectivity index (χ1n) is 8.55. The molecule has 4 rings (SSSR count). The number of carbonyl (C=O) groups is 1. The number of nitrogens with one attached hydrogen (secondary N) is 1. The number of hydrogen-bond acceptors (Lipinski definition) is 4. The van der Waals surface area contributed by atoms with Crippen LogP contribution in [0.3, 0.4) is 0 Å². The summed E-state index contributed by atoms with van der Waals surface area (Å²) in [5, 5.41) is 20.9. The summed E-state index contributed by atoms with van der Waals surface area (Å²) in [6.45, 7) is 0.893. The number of carbonyl (C=O) groups excluding carboxylic acids is 1. The van der Waals surface area contributed by atoms with Gasteiger partial charge in [0.1, 0.15) is 11.3 Å². The van der Waals surface area contributed by atoms with Gasteiger partial charge in [0.15, 0.2) is 0 Å². The zero-order valence-electron chi connectivity index (χ0n) is 13.6. The van der Waals surface area contributed by atoms with E-state index in [1.54, 1.807) is 4.90 Å². The standard InChI is InChI=1S/C18H22N4O2/c23-17(10-13-8-15(9-13)14-4-2-1-3-5-14)22-7-6-18(24,12-22)16-11-19-21-20-16/h1-5,11,13,15,24H,6-10,12H2,(H,19,20,21)/t13?,15?,18-/m1/s1. The number of aliphatic hydroxyl groups is 1. The second-order valence-electron chi connectivity index (χ2n) is 7.10. The van der Waals surface area contributed by atoms with Crippen molar-refractivity contribution in [3.63, 3.8) is 0 Å². The number of likely N-dealkylation sites (tertiary alicyclic amines) is 1. The van der Waals surface area contributed by atoms with Crippen LogP contribution in [0.2, 0.25) is 0 Å². The molecule has 24 heavy (non-hydrogen) atoms. The molecule has 2 aliphatic rings. The minimum atomic E-state index is -1.06. The van der Waals surface area contributed by atoms with Gasteiger partial charge >= 0.3 is 0 Å². The monoisotopic (exact) mass is 326 g/mol. The molecule has 2 fully saturated rings. The zero-order valence-corrected chi connectivity index (χ0v) is 13.6. The van der Waals surface area contributed by atoms with Gasteiger partial charge < -0.3 is 10.0 Å². The molecule has 2 aromatic rings. The first-order chi connectivity index (χ1) is 11.6. The van der Waals surface area contributed by atoms with E-state index in [1.807, 2.05) is 6.07 Å². The number of H-pyrrole nitrogens is 1. The summed E-state index contributed by atoms with van der Waals surface area (Å²) in [5.41, 5.74) is 0.836. The van der Waals surface area contributed by atoms with Crippen LogP contribution >= 0.6 is 0 Å². The van der Waals surface area contributed by atoms with Gasteiger partial charge in [-0.05, 0) is 30.2 Å². The predicted molar refractivity (Wildman–Crippen MR) is 88.0 cm³/mol. The molecule has 1 saturated carbocycles. The zero-order chi connectivity index (χ0) is 16.6. The molecule has 6 heteroatoms. The van der Waals surface area contributed by atoms with Crippen LogP contribution in [0.1, 0.15) is 42.9 Å². The van der Waals surface area contributed by atoms with Crippen molar-refractivity contribution in [2.24, 2.45) is 5.92 Å². The van der Waals surface area contributed by atoms with Crippen LogP contribution in [0.15, 0.2) is 36.5 Å². The Hall–Kier alpha value is -2.21. The third kappa shape index (κ3) is 2.82. The minimum absolute atomic E-state index is 0.144. The van der Waals surface area contributed by atoms with Crippen LogP contribution in [0.4, 0.5) is 0 Å². The molecule has 0 unspecified atom stereocenters. The number of rotatable bonds is 4. The molecular weight excluding hydrogens is 304 g/mol. The lowest BCUT2D eigenvalue weighted by atomic mass is 9.70. The third-order valence-corrected chi connectivity index (χ3v) is 5.46. The van der Waals surface area contributed by atoms with Gasteiger partial charge in [-0.25, -0.2) is 0 Å². The number of aromatic nitrogens is 3. The molecule has 0 radical (unpaired) electrons. The molecule has 1 amide bonds. The van der Waals surface area contributed by atoms with E-state index in [1.165, 1.54) is 11.8 Å². The van der Waals surface area contributed by atoms with Gasteiger partial charge in [0.25, 0.3) is 0 Å². The SMILES string of the molecule is O=C(CC1CC(c2ccccc2)C1)N1CC[C@](O)(c2cn[nH]n2)C1. The summed E-state index contributed by atoms with van der Waals surface area (Å²) in [5.74, 6) is 1.20. The van der Waals surface area contributed by atoms with Crippen molar-refractivity contribution < 1.29 is 9.90 Å². The average Bonchev–Trinajstić information content (AvgIpc) is 3.21. The van der Waals surface area contributed by atoms with Crippen LogP contribution in [0.5, 0.6) is 0 Å². The number of benzene rings is 1. The summed E-state index contributed by atoms with van der Waals surface area (Å²) in [7, 11) is 0.